The Morgan fingerprint density at radius 2 is 1.70 bits per heavy atom. The van der Waals surface area contributed by atoms with Crippen molar-refractivity contribution in [3.8, 4) is 34.4 Å². The number of nitrogens with zero attached hydrogens (tertiary/aromatic N) is 1. The molecule has 1 aromatic carbocycles. The average Bonchev–Trinajstić information content (AvgIpc) is 2.56. The molecule has 0 amide bonds. The van der Waals surface area contributed by atoms with Gasteiger partial charge in [0.25, 0.3) is 5.82 Å². The summed E-state index contributed by atoms with van der Waals surface area (Å²) in [4.78, 5) is 3.02. The van der Waals surface area contributed by atoms with Crippen LogP contribution in [0.25, 0.3) is 11.1 Å². The van der Waals surface area contributed by atoms with Crippen molar-refractivity contribution in [3.63, 3.8) is 0 Å². The smallest absolute Gasteiger partial charge is 0.289 e. The van der Waals surface area contributed by atoms with Gasteiger partial charge in [0.15, 0.2) is 11.5 Å². The van der Waals surface area contributed by atoms with Crippen molar-refractivity contribution in [1.29, 1.82) is 5.26 Å². The summed E-state index contributed by atoms with van der Waals surface area (Å²) in [6.07, 6.45) is 0. The Morgan fingerprint density at radius 3 is 2.22 bits per heavy atom. The van der Waals surface area contributed by atoms with E-state index in [9.17, 15) is 5.26 Å². The quantitative estimate of drug-likeness (QED) is 0.934. The minimum atomic E-state index is 0.322. The van der Waals surface area contributed by atoms with Crippen molar-refractivity contribution >= 4 is 5.82 Å². The summed E-state index contributed by atoms with van der Waals surface area (Å²) in [7, 11) is 4.65. The van der Waals surface area contributed by atoms with Crippen molar-refractivity contribution < 1.29 is 19.2 Å². The van der Waals surface area contributed by atoms with Crippen LogP contribution in [0.15, 0.2) is 12.1 Å². The summed E-state index contributed by atoms with van der Waals surface area (Å²) in [6, 6.07) is 5.78. The number of benzene rings is 1. The number of aryl methyl sites for hydroxylation is 1. The highest BCUT2D eigenvalue weighted by Gasteiger charge is 2.24. The second-order valence-corrected chi connectivity index (χ2v) is 5.03. The number of pyridine rings is 1. The van der Waals surface area contributed by atoms with E-state index in [1.54, 1.807) is 27.4 Å². The van der Waals surface area contributed by atoms with Gasteiger partial charge in [0.1, 0.15) is 17.3 Å². The van der Waals surface area contributed by atoms with Gasteiger partial charge in [-0.15, -0.1) is 0 Å². The maximum atomic E-state index is 9.52. The number of ether oxygens (including phenoxy) is 3. The van der Waals surface area contributed by atoms with Crippen LogP contribution in [0, 0.1) is 25.2 Å². The molecule has 0 saturated carbocycles. The highest BCUT2D eigenvalue weighted by Crippen LogP contribution is 2.46. The number of hydrogen-bond donors (Lipinski definition) is 1. The number of nitrogens with two attached hydrogens (primary N) is 1. The molecule has 23 heavy (non-hydrogen) atoms. The largest absolute Gasteiger partial charge is 0.493 e. The molecule has 0 aliphatic heterocycles. The first-order chi connectivity index (χ1) is 11.0. The predicted octanol–water partition coefficient (Wildman–Crippen LogP) is 2.26. The zero-order valence-corrected chi connectivity index (χ0v) is 13.9. The van der Waals surface area contributed by atoms with E-state index in [1.807, 2.05) is 19.9 Å². The number of rotatable bonds is 4. The van der Waals surface area contributed by atoms with Gasteiger partial charge in [0, 0.05) is 16.7 Å². The van der Waals surface area contributed by atoms with Gasteiger partial charge in [-0.1, -0.05) is 0 Å². The molecule has 6 heteroatoms. The maximum Gasteiger partial charge on any atom is 0.289 e. The Balaban J connectivity index is 2.91. The van der Waals surface area contributed by atoms with Crippen LogP contribution < -0.4 is 24.9 Å². The maximum absolute atomic E-state index is 9.52. The summed E-state index contributed by atoms with van der Waals surface area (Å²) in [6.45, 7) is 3.83. The standard InChI is InChI=1S/C17H19N3O3/c1-9-10(2)20-17(19)12(8-18)14(9)11-6-7-13(21-3)16(23-5)15(11)22-4/h6-7H,1-5H3,(H2,19,20)/p+1. The van der Waals surface area contributed by atoms with E-state index in [1.165, 1.54) is 0 Å². The minimum Gasteiger partial charge on any atom is -0.493 e. The molecule has 1 aromatic heterocycles. The molecule has 2 rings (SSSR count). The van der Waals surface area contributed by atoms with E-state index in [0.29, 0.717) is 28.6 Å². The van der Waals surface area contributed by atoms with E-state index in [-0.39, 0.29) is 0 Å². The highest BCUT2D eigenvalue weighted by atomic mass is 16.5. The lowest BCUT2D eigenvalue weighted by Crippen LogP contribution is -2.19. The van der Waals surface area contributed by atoms with Crippen LogP contribution in [0.5, 0.6) is 17.2 Å². The van der Waals surface area contributed by atoms with E-state index in [2.05, 4.69) is 11.1 Å². The van der Waals surface area contributed by atoms with E-state index in [4.69, 9.17) is 19.9 Å². The van der Waals surface area contributed by atoms with Crippen molar-refractivity contribution in [1.82, 2.24) is 0 Å². The molecule has 0 saturated heterocycles. The molecule has 0 aliphatic carbocycles. The molecule has 0 bridgehead atoms. The van der Waals surface area contributed by atoms with Crippen LogP contribution in [-0.4, -0.2) is 21.3 Å². The van der Waals surface area contributed by atoms with Crippen molar-refractivity contribution in [2.24, 2.45) is 0 Å². The Labute approximate surface area is 135 Å². The number of aromatic amines is 1. The second kappa shape index (κ2) is 6.44. The lowest BCUT2D eigenvalue weighted by Gasteiger charge is -2.18. The van der Waals surface area contributed by atoms with Gasteiger partial charge in [-0.05, 0) is 26.0 Å². The fourth-order valence-corrected chi connectivity index (χ4v) is 2.62. The third-order valence-electron chi connectivity index (χ3n) is 3.86. The number of H-pyrrole nitrogens is 1. The number of nitrogens with one attached hydrogen (secondary N) is 1. The molecule has 0 aliphatic rings. The molecule has 0 atom stereocenters. The van der Waals surface area contributed by atoms with Gasteiger partial charge in [-0.25, -0.2) is 4.98 Å². The van der Waals surface area contributed by atoms with E-state index < -0.39 is 0 Å². The predicted molar refractivity (Wildman–Crippen MR) is 86.7 cm³/mol. The SMILES string of the molecule is COc1ccc(-c2c(C)c(C)[nH+]c(N)c2C#N)c(OC)c1OC. The zero-order chi connectivity index (χ0) is 17.1. The molecule has 0 spiro atoms. The number of nitrogen functional groups attached to an aromatic ring is 1. The Kier molecular flexibility index (Phi) is 4.60. The molecule has 120 valence electrons. The molecular weight excluding hydrogens is 294 g/mol. The number of methoxy groups -OCH3 is 3. The van der Waals surface area contributed by atoms with Gasteiger partial charge < -0.3 is 14.2 Å². The molecule has 2 aromatic rings. The summed E-state index contributed by atoms with van der Waals surface area (Å²) >= 11 is 0. The van der Waals surface area contributed by atoms with Gasteiger partial charge in [0.05, 0.1) is 21.3 Å². The zero-order valence-electron chi connectivity index (χ0n) is 13.9. The van der Waals surface area contributed by atoms with Crippen molar-refractivity contribution in [3.05, 3.63) is 29.0 Å². The molecule has 0 fully saturated rings. The van der Waals surface area contributed by atoms with Crippen LogP contribution in [0.2, 0.25) is 0 Å². The lowest BCUT2D eigenvalue weighted by atomic mass is 9.94. The summed E-state index contributed by atoms with van der Waals surface area (Å²) in [5, 5.41) is 9.52. The molecule has 0 unspecified atom stereocenters. The fraction of sp³-hybridized carbons (Fsp3) is 0.294. The number of aromatic nitrogens is 1. The average molecular weight is 314 g/mol. The Morgan fingerprint density at radius 1 is 1.04 bits per heavy atom. The molecular formula is C17H20N3O3+. The second-order valence-electron chi connectivity index (χ2n) is 5.03. The van der Waals surface area contributed by atoms with Crippen LogP contribution in [0.1, 0.15) is 16.8 Å². The Bertz CT molecular complexity index is 795. The van der Waals surface area contributed by atoms with E-state index >= 15 is 0 Å². The van der Waals surface area contributed by atoms with Crippen molar-refractivity contribution in [2.75, 3.05) is 27.1 Å². The van der Waals surface area contributed by atoms with Crippen LogP contribution in [-0.2, 0) is 0 Å². The van der Waals surface area contributed by atoms with Gasteiger partial charge in [-0.3, -0.25) is 5.73 Å². The topological polar surface area (TPSA) is 91.6 Å². The van der Waals surface area contributed by atoms with Crippen molar-refractivity contribution in [2.45, 2.75) is 13.8 Å². The van der Waals surface area contributed by atoms with Gasteiger partial charge >= 0.3 is 0 Å². The van der Waals surface area contributed by atoms with Crippen LogP contribution in [0.4, 0.5) is 5.82 Å². The third-order valence-corrected chi connectivity index (χ3v) is 3.86. The number of anilines is 1. The number of hydrogen-bond acceptors (Lipinski definition) is 5. The van der Waals surface area contributed by atoms with Crippen LogP contribution in [0.3, 0.4) is 0 Å². The normalized spacial score (nSPS) is 10.1. The third kappa shape index (κ3) is 2.61. The number of nitriles is 1. The fourth-order valence-electron chi connectivity index (χ4n) is 2.62. The van der Waals surface area contributed by atoms with Gasteiger partial charge in [-0.2, -0.15) is 5.26 Å². The first-order valence-corrected chi connectivity index (χ1v) is 7.01. The first kappa shape index (κ1) is 16.4. The minimum absolute atomic E-state index is 0.322. The summed E-state index contributed by atoms with van der Waals surface area (Å²) < 4.78 is 16.3. The van der Waals surface area contributed by atoms with Crippen LogP contribution >= 0.6 is 0 Å². The first-order valence-electron chi connectivity index (χ1n) is 7.01. The Hall–Kier alpha value is -2.94. The van der Waals surface area contributed by atoms with E-state index in [0.717, 1.165) is 22.4 Å². The molecule has 1 heterocycles. The molecule has 3 N–H and O–H groups in total. The monoisotopic (exact) mass is 314 g/mol. The highest BCUT2D eigenvalue weighted by molar-refractivity contribution is 5.84. The lowest BCUT2D eigenvalue weighted by molar-refractivity contribution is -0.370. The van der Waals surface area contributed by atoms with Gasteiger partial charge in [0.2, 0.25) is 5.75 Å². The molecule has 6 nitrogen and oxygen atoms in total. The summed E-state index contributed by atoms with van der Waals surface area (Å²) in [5.41, 5.74) is 9.60. The molecule has 0 radical (unpaired) electrons. The summed E-state index contributed by atoms with van der Waals surface area (Å²) in [5.74, 6) is 1.84.